The van der Waals surface area contributed by atoms with E-state index in [-0.39, 0.29) is 11.9 Å². The van der Waals surface area contributed by atoms with Gasteiger partial charge in [0.2, 0.25) is 10.1 Å². The average Bonchev–Trinajstić information content (AvgIpc) is 3.46. The van der Waals surface area contributed by atoms with E-state index >= 15 is 0 Å². The van der Waals surface area contributed by atoms with Crippen LogP contribution in [0.5, 0.6) is 0 Å². The number of amides is 1. The molecule has 1 fully saturated rings. The molecule has 0 bridgehead atoms. The Labute approximate surface area is 194 Å². The molecule has 4 rings (SSSR count). The zero-order valence-corrected chi connectivity index (χ0v) is 20.0. The lowest BCUT2D eigenvalue weighted by Crippen LogP contribution is -2.46. The number of unbranched alkanes of at least 4 members (excludes halogenated alkanes) is 1. The van der Waals surface area contributed by atoms with Crippen LogP contribution in [0.3, 0.4) is 0 Å². The largest absolute Gasteiger partial charge is 0.361 e. The Morgan fingerprint density at radius 2 is 1.97 bits per heavy atom. The lowest BCUT2D eigenvalue weighted by atomic mass is 10.0. The van der Waals surface area contributed by atoms with Gasteiger partial charge in [0.15, 0.2) is 0 Å². The van der Waals surface area contributed by atoms with Crippen molar-refractivity contribution >= 4 is 33.3 Å². The first-order valence-electron chi connectivity index (χ1n) is 11.8. The van der Waals surface area contributed by atoms with Gasteiger partial charge in [0.1, 0.15) is 0 Å². The van der Waals surface area contributed by atoms with Gasteiger partial charge in [0.25, 0.3) is 5.91 Å². The van der Waals surface area contributed by atoms with Crippen LogP contribution in [0.1, 0.15) is 54.9 Å². The third-order valence-electron chi connectivity index (χ3n) is 6.17. The first kappa shape index (κ1) is 22.7. The summed E-state index contributed by atoms with van der Waals surface area (Å²) in [7, 11) is 0. The van der Waals surface area contributed by atoms with Crippen molar-refractivity contribution in [1.29, 1.82) is 0 Å². The summed E-state index contributed by atoms with van der Waals surface area (Å²) in [6.45, 7) is 9.51. The molecule has 0 spiro atoms. The van der Waals surface area contributed by atoms with Crippen LogP contribution in [0.25, 0.3) is 10.9 Å². The maximum Gasteiger partial charge on any atom is 0.282 e. The van der Waals surface area contributed by atoms with Crippen molar-refractivity contribution in [3.8, 4) is 0 Å². The highest BCUT2D eigenvalue weighted by atomic mass is 32.1. The van der Waals surface area contributed by atoms with Gasteiger partial charge in [-0.15, -0.1) is 10.2 Å². The number of anilines is 1. The molecule has 1 aliphatic heterocycles. The molecule has 7 nitrogen and oxygen atoms in total. The fourth-order valence-electron chi connectivity index (χ4n) is 4.40. The fraction of sp³-hybridized carbons (Fsp3) is 0.542. The van der Waals surface area contributed by atoms with Crippen molar-refractivity contribution in [2.24, 2.45) is 0 Å². The number of benzene rings is 1. The molecule has 0 aliphatic carbocycles. The Morgan fingerprint density at radius 1 is 1.16 bits per heavy atom. The molecule has 3 aromatic rings. The van der Waals surface area contributed by atoms with E-state index in [0.29, 0.717) is 5.01 Å². The molecule has 1 unspecified atom stereocenters. The number of nitrogens with zero attached hydrogens (tertiary/aromatic N) is 4. The van der Waals surface area contributed by atoms with Gasteiger partial charge in [-0.3, -0.25) is 9.69 Å². The van der Waals surface area contributed by atoms with Gasteiger partial charge in [-0.2, -0.15) is 0 Å². The SMILES string of the molecule is CCCCC(Cc1c[nH]c2ccccc12)NC(=O)c1nnc(N2CCN(CCC)CC2)s1. The van der Waals surface area contributed by atoms with Crippen molar-refractivity contribution in [2.75, 3.05) is 37.6 Å². The summed E-state index contributed by atoms with van der Waals surface area (Å²) < 4.78 is 0. The molecule has 3 heterocycles. The van der Waals surface area contributed by atoms with Crippen molar-refractivity contribution in [2.45, 2.75) is 52.0 Å². The topological polar surface area (TPSA) is 77.1 Å². The Bertz CT molecular complexity index is 1010. The average molecular weight is 455 g/mol. The zero-order valence-electron chi connectivity index (χ0n) is 19.1. The number of carbonyl (C=O) groups is 1. The molecule has 8 heteroatoms. The van der Waals surface area contributed by atoms with E-state index in [1.54, 1.807) is 0 Å². The van der Waals surface area contributed by atoms with Gasteiger partial charge in [-0.05, 0) is 37.4 Å². The highest BCUT2D eigenvalue weighted by Crippen LogP contribution is 2.23. The number of H-pyrrole nitrogens is 1. The van der Waals surface area contributed by atoms with Gasteiger partial charge < -0.3 is 15.2 Å². The maximum atomic E-state index is 13.0. The zero-order chi connectivity index (χ0) is 22.3. The third-order valence-corrected chi connectivity index (χ3v) is 7.16. The van der Waals surface area contributed by atoms with E-state index in [9.17, 15) is 4.79 Å². The van der Waals surface area contributed by atoms with Crippen molar-refractivity contribution in [3.05, 3.63) is 41.0 Å². The van der Waals surface area contributed by atoms with Crippen LogP contribution >= 0.6 is 11.3 Å². The number of fused-ring (bicyclic) bond motifs is 1. The second kappa shape index (κ2) is 10.9. The Balaban J connectivity index is 1.39. The summed E-state index contributed by atoms with van der Waals surface area (Å²) in [4.78, 5) is 21.1. The second-order valence-electron chi connectivity index (χ2n) is 8.59. The normalized spacial score (nSPS) is 15.9. The number of hydrogen-bond acceptors (Lipinski definition) is 6. The summed E-state index contributed by atoms with van der Waals surface area (Å²) in [5.74, 6) is -0.112. The van der Waals surface area contributed by atoms with Crippen LogP contribution < -0.4 is 10.2 Å². The monoisotopic (exact) mass is 454 g/mol. The summed E-state index contributed by atoms with van der Waals surface area (Å²) in [6, 6.07) is 8.40. The van der Waals surface area contributed by atoms with E-state index in [0.717, 1.165) is 69.1 Å². The van der Waals surface area contributed by atoms with E-state index < -0.39 is 0 Å². The Kier molecular flexibility index (Phi) is 7.76. The van der Waals surface area contributed by atoms with Gasteiger partial charge >= 0.3 is 0 Å². The molecule has 1 amide bonds. The van der Waals surface area contributed by atoms with Crippen LogP contribution in [0.2, 0.25) is 0 Å². The van der Waals surface area contributed by atoms with E-state index in [2.05, 4.69) is 68.5 Å². The second-order valence-corrected chi connectivity index (χ2v) is 9.55. The predicted octanol–water partition coefficient (Wildman–Crippen LogP) is 4.08. The number of nitrogens with one attached hydrogen (secondary N) is 2. The summed E-state index contributed by atoms with van der Waals surface area (Å²) in [5.41, 5.74) is 2.38. The number of aromatic amines is 1. The first-order chi connectivity index (χ1) is 15.7. The van der Waals surface area contributed by atoms with E-state index in [1.165, 1.54) is 28.7 Å². The molecular formula is C24H34N6OS. The van der Waals surface area contributed by atoms with Crippen LogP contribution in [-0.2, 0) is 6.42 Å². The molecule has 1 aliphatic rings. The minimum Gasteiger partial charge on any atom is -0.361 e. The minimum atomic E-state index is -0.112. The van der Waals surface area contributed by atoms with Gasteiger partial charge in [0.05, 0.1) is 0 Å². The predicted molar refractivity (Wildman–Crippen MR) is 132 cm³/mol. The summed E-state index contributed by atoms with van der Waals surface area (Å²) >= 11 is 1.41. The number of piperazine rings is 1. The number of aromatic nitrogens is 3. The molecule has 1 atom stereocenters. The summed E-state index contributed by atoms with van der Waals surface area (Å²) in [5, 5.41) is 14.3. The molecule has 2 aromatic heterocycles. The molecule has 172 valence electrons. The number of hydrogen-bond donors (Lipinski definition) is 2. The Morgan fingerprint density at radius 3 is 2.75 bits per heavy atom. The van der Waals surface area contributed by atoms with Gasteiger partial charge in [0, 0.05) is 49.3 Å². The Hall–Kier alpha value is -2.45. The molecule has 0 radical (unpaired) electrons. The third kappa shape index (κ3) is 5.48. The lowest BCUT2D eigenvalue weighted by Gasteiger charge is -2.34. The minimum absolute atomic E-state index is 0.0756. The van der Waals surface area contributed by atoms with Crippen LogP contribution in [0.4, 0.5) is 5.13 Å². The maximum absolute atomic E-state index is 13.0. The standard InChI is InChI=1S/C24H34N6OS/c1-3-5-8-19(16-18-17-25-21-10-7-6-9-20(18)21)26-22(31)23-27-28-24(32-23)30-14-12-29(11-4-2)13-15-30/h6-7,9-10,17,19,25H,3-5,8,11-16H2,1-2H3,(H,26,31). The van der Waals surface area contributed by atoms with Crippen LogP contribution in [0.15, 0.2) is 30.5 Å². The fourth-order valence-corrected chi connectivity index (χ4v) is 5.20. The molecule has 32 heavy (non-hydrogen) atoms. The highest BCUT2D eigenvalue weighted by molar-refractivity contribution is 7.17. The van der Waals surface area contributed by atoms with E-state index in [1.807, 2.05) is 6.07 Å². The van der Waals surface area contributed by atoms with Crippen molar-refractivity contribution < 1.29 is 4.79 Å². The van der Waals surface area contributed by atoms with Crippen LogP contribution in [0, 0.1) is 0 Å². The number of para-hydroxylation sites is 1. The van der Waals surface area contributed by atoms with Gasteiger partial charge in [-0.25, -0.2) is 0 Å². The quantitative estimate of drug-likeness (QED) is 0.483. The smallest absolute Gasteiger partial charge is 0.282 e. The molecular weight excluding hydrogens is 420 g/mol. The molecule has 0 saturated carbocycles. The first-order valence-corrected chi connectivity index (χ1v) is 12.7. The van der Waals surface area contributed by atoms with E-state index in [4.69, 9.17) is 0 Å². The summed E-state index contributed by atoms with van der Waals surface area (Å²) in [6.07, 6.45) is 7.19. The molecule has 2 N–H and O–H groups in total. The van der Waals surface area contributed by atoms with Crippen molar-refractivity contribution in [3.63, 3.8) is 0 Å². The number of carbonyl (C=O) groups excluding carboxylic acids is 1. The highest BCUT2D eigenvalue weighted by Gasteiger charge is 2.23. The van der Waals surface area contributed by atoms with Crippen molar-refractivity contribution in [1.82, 2.24) is 25.4 Å². The lowest BCUT2D eigenvalue weighted by molar-refractivity contribution is 0.0933. The molecule has 1 saturated heterocycles. The van der Waals surface area contributed by atoms with Gasteiger partial charge in [-0.1, -0.05) is 56.2 Å². The molecule has 1 aromatic carbocycles. The number of rotatable bonds is 10. The van der Waals surface area contributed by atoms with Crippen LogP contribution in [-0.4, -0.2) is 64.8 Å².